The summed E-state index contributed by atoms with van der Waals surface area (Å²) in [5.74, 6) is -0.913. The van der Waals surface area contributed by atoms with Gasteiger partial charge in [0, 0.05) is 10.4 Å². The maximum Gasteiger partial charge on any atom is 0.407 e. The summed E-state index contributed by atoms with van der Waals surface area (Å²) in [7, 11) is 0. The molecule has 5 nitrogen and oxygen atoms in total. The van der Waals surface area contributed by atoms with Crippen molar-refractivity contribution in [2.75, 3.05) is 6.61 Å². The number of benzene rings is 1. The van der Waals surface area contributed by atoms with Crippen LogP contribution in [-0.2, 0) is 14.9 Å². The lowest BCUT2D eigenvalue weighted by molar-refractivity contribution is -0.139. The van der Waals surface area contributed by atoms with Crippen LogP contribution in [0.3, 0.4) is 0 Å². The standard InChI is InChI=1S/C17H24ClNO4/c1-11(2)8-14(15(20)21)19-16(22)23-10-17(3,4)12-6-5-7-13(18)9-12/h5-7,9,11,14H,8,10H2,1-4H3,(H,19,22)(H,20,21). The summed E-state index contributed by atoms with van der Waals surface area (Å²) in [5.41, 5.74) is 0.508. The average Bonchev–Trinajstić information content (AvgIpc) is 2.44. The van der Waals surface area contributed by atoms with Gasteiger partial charge in [-0.05, 0) is 30.0 Å². The third-order valence-electron chi connectivity index (χ3n) is 3.47. The molecule has 0 saturated heterocycles. The fourth-order valence-corrected chi connectivity index (χ4v) is 2.31. The van der Waals surface area contributed by atoms with Gasteiger partial charge in [-0.25, -0.2) is 9.59 Å². The van der Waals surface area contributed by atoms with Crippen molar-refractivity contribution in [2.45, 2.75) is 45.6 Å². The molecule has 0 aliphatic rings. The lowest BCUT2D eigenvalue weighted by Crippen LogP contribution is -2.43. The van der Waals surface area contributed by atoms with Crippen LogP contribution in [0.5, 0.6) is 0 Å². The van der Waals surface area contributed by atoms with E-state index in [4.69, 9.17) is 21.4 Å². The zero-order valence-electron chi connectivity index (χ0n) is 13.9. The molecule has 1 amide bonds. The largest absolute Gasteiger partial charge is 0.480 e. The van der Waals surface area contributed by atoms with Gasteiger partial charge in [0.2, 0.25) is 0 Å². The van der Waals surface area contributed by atoms with Gasteiger partial charge in [0.15, 0.2) is 0 Å². The van der Waals surface area contributed by atoms with Crippen LogP contribution in [-0.4, -0.2) is 29.8 Å². The number of carboxylic acid groups (broad SMARTS) is 1. The summed E-state index contributed by atoms with van der Waals surface area (Å²) >= 11 is 5.98. The Balaban J connectivity index is 2.62. The topological polar surface area (TPSA) is 75.6 Å². The normalized spacial score (nSPS) is 12.8. The second kappa shape index (κ2) is 8.20. The number of rotatable bonds is 7. The van der Waals surface area contributed by atoms with Crippen molar-refractivity contribution < 1.29 is 19.4 Å². The molecule has 1 aromatic rings. The lowest BCUT2D eigenvalue weighted by atomic mass is 9.86. The zero-order chi connectivity index (χ0) is 17.6. The maximum atomic E-state index is 11.9. The van der Waals surface area contributed by atoms with Gasteiger partial charge < -0.3 is 15.2 Å². The number of carbonyl (C=O) groups is 2. The van der Waals surface area contributed by atoms with E-state index in [-0.39, 0.29) is 12.5 Å². The van der Waals surface area contributed by atoms with Crippen LogP contribution in [0, 0.1) is 5.92 Å². The number of hydrogen-bond donors (Lipinski definition) is 2. The summed E-state index contributed by atoms with van der Waals surface area (Å²) in [4.78, 5) is 23.0. The van der Waals surface area contributed by atoms with E-state index in [1.54, 1.807) is 6.07 Å². The third-order valence-corrected chi connectivity index (χ3v) is 3.70. The number of amides is 1. The van der Waals surface area contributed by atoms with E-state index < -0.39 is 23.5 Å². The Morgan fingerprint density at radius 3 is 2.52 bits per heavy atom. The number of carbonyl (C=O) groups excluding carboxylic acids is 1. The molecule has 0 bridgehead atoms. The predicted octanol–water partition coefficient (Wildman–Crippen LogP) is 3.84. The van der Waals surface area contributed by atoms with Crippen LogP contribution in [0.2, 0.25) is 5.02 Å². The minimum atomic E-state index is -1.07. The first-order chi connectivity index (χ1) is 10.6. The summed E-state index contributed by atoms with van der Waals surface area (Å²) in [6, 6.07) is 6.39. The molecule has 0 spiro atoms. The highest BCUT2D eigenvalue weighted by Gasteiger charge is 2.26. The second-order valence-electron chi connectivity index (χ2n) is 6.64. The molecule has 128 valence electrons. The van der Waals surface area contributed by atoms with Gasteiger partial charge in [0.25, 0.3) is 0 Å². The van der Waals surface area contributed by atoms with E-state index >= 15 is 0 Å². The number of nitrogens with one attached hydrogen (secondary N) is 1. The molecule has 0 aromatic heterocycles. The molecule has 0 fully saturated rings. The van der Waals surface area contributed by atoms with E-state index in [0.29, 0.717) is 11.4 Å². The van der Waals surface area contributed by atoms with Crippen molar-refractivity contribution in [1.82, 2.24) is 5.32 Å². The Labute approximate surface area is 142 Å². The summed E-state index contributed by atoms with van der Waals surface area (Å²) < 4.78 is 5.21. The SMILES string of the molecule is CC(C)CC(NC(=O)OCC(C)(C)c1cccc(Cl)c1)C(=O)O. The average molecular weight is 342 g/mol. The van der Waals surface area contributed by atoms with Gasteiger partial charge >= 0.3 is 12.1 Å². The summed E-state index contributed by atoms with van der Waals surface area (Å²) in [5, 5.41) is 12.1. The Morgan fingerprint density at radius 2 is 2.00 bits per heavy atom. The van der Waals surface area contributed by atoms with E-state index in [2.05, 4.69) is 5.32 Å². The van der Waals surface area contributed by atoms with Crippen molar-refractivity contribution >= 4 is 23.7 Å². The minimum Gasteiger partial charge on any atom is -0.480 e. The molecule has 1 aromatic carbocycles. The Bertz CT molecular complexity index is 557. The van der Waals surface area contributed by atoms with Gasteiger partial charge in [-0.3, -0.25) is 0 Å². The molecule has 23 heavy (non-hydrogen) atoms. The van der Waals surface area contributed by atoms with Gasteiger partial charge in [0.05, 0.1) is 0 Å². The van der Waals surface area contributed by atoms with Crippen LogP contribution in [0.4, 0.5) is 4.79 Å². The fourth-order valence-electron chi connectivity index (χ4n) is 2.12. The van der Waals surface area contributed by atoms with Crippen molar-refractivity contribution in [2.24, 2.45) is 5.92 Å². The lowest BCUT2D eigenvalue weighted by Gasteiger charge is -2.25. The number of hydrogen-bond acceptors (Lipinski definition) is 3. The first-order valence-electron chi connectivity index (χ1n) is 7.54. The molecule has 1 atom stereocenters. The number of aliphatic carboxylic acids is 1. The number of alkyl carbamates (subject to hydrolysis) is 1. The maximum absolute atomic E-state index is 11.9. The first kappa shape index (κ1) is 19.3. The molecule has 0 aliphatic carbocycles. The minimum absolute atomic E-state index is 0.118. The van der Waals surface area contributed by atoms with Gasteiger partial charge in [-0.2, -0.15) is 0 Å². The van der Waals surface area contributed by atoms with Crippen molar-refractivity contribution in [1.29, 1.82) is 0 Å². The van der Waals surface area contributed by atoms with Crippen LogP contribution < -0.4 is 5.32 Å². The van der Waals surface area contributed by atoms with Crippen LogP contribution in [0.25, 0.3) is 0 Å². The van der Waals surface area contributed by atoms with Gasteiger partial charge in [0.1, 0.15) is 12.6 Å². The molecule has 0 radical (unpaired) electrons. The molecule has 0 saturated carbocycles. The first-order valence-corrected chi connectivity index (χ1v) is 7.92. The van der Waals surface area contributed by atoms with E-state index in [0.717, 1.165) is 5.56 Å². The number of carboxylic acids is 1. The highest BCUT2D eigenvalue weighted by Crippen LogP contribution is 2.25. The van der Waals surface area contributed by atoms with Crippen LogP contribution >= 0.6 is 11.6 Å². The summed E-state index contributed by atoms with van der Waals surface area (Å²) in [6.07, 6.45) is -0.379. The zero-order valence-corrected chi connectivity index (χ0v) is 14.7. The molecule has 0 heterocycles. The molecular weight excluding hydrogens is 318 g/mol. The van der Waals surface area contributed by atoms with E-state index in [1.807, 2.05) is 45.9 Å². The molecular formula is C17H24ClNO4. The van der Waals surface area contributed by atoms with Crippen LogP contribution in [0.15, 0.2) is 24.3 Å². The Hall–Kier alpha value is -1.75. The second-order valence-corrected chi connectivity index (χ2v) is 7.07. The highest BCUT2D eigenvalue weighted by molar-refractivity contribution is 6.30. The highest BCUT2D eigenvalue weighted by atomic mass is 35.5. The van der Waals surface area contributed by atoms with E-state index in [1.165, 1.54) is 0 Å². The van der Waals surface area contributed by atoms with Crippen molar-refractivity contribution in [3.63, 3.8) is 0 Å². The molecule has 0 aliphatic heterocycles. The van der Waals surface area contributed by atoms with E-state index in [9.17, 15) is 9.59 Å². The smallest absolute Gasteiger partial charge is 0.407 e. The fraction of sp³-hybridized carbons (Fsp3) is 0.529. The molecule has 6 heteroatoms. The molecule has 1 unspecified atom stereocenters. The quantitative estimate of drug-likeness (QED) is 0.790. The predicted molar refractivity (Wildman–Crippen MR) is 89.8 cm³/mol. The molecule has 2 N–H and O–H groups in total. The molecule has 1 rings (SSSR count). The van der Waals surface area contributed by atoms with Gasteiger partial charge in [-0.1, -0.05) is 51.4 Å². The third kappa shape index (κ3) is 6.48. The number of halogens is 1. The number of ether oxygens (including phenoxy) is 1. The van der Waals surface area contributed by atoms with Crippen molar-refractivity contribution in [3.05, 3.63) is 34.9 Å². The van der Waals surface area contributed by atoms with Gasteiger partial charge in [-0.15, -0.1) is 0 Å². The Morgan fingerprint density at radius 1 is 1.35 bits per heavy atom. The van der Waals surface area contributed by atoms with Crippen molar-refractivity contribution in [3.8, 4) is 0 Å². The monoisotopic (exact) mass is 341 g/mol. The van der Waals surface area contributed by atoms with Crippen LogP contribution in [0.1, 0.15) is 39.7 Å². The Kier molecular flexibility index (Phi) is 6.88. The summed E-state index contributed by atoms with van der Waals surface area (Å²) in [6.45, 7) is 7.76.